The van der Waals surface area contributed by atoms with Gasteiger partial charge in [-0.05, 0) is 99.4 Å². The fraction of sp³-hybridized carbons (Fsp3) is 0.424. The van der Waals surface area contributed by atoms with Gasteiger partial charge >= 0.3 is 11.9 Å². The second kappa shape index (κ2) is 12.9. The number of carbonyl (C=O) groups is 4. The summed E-state index contributed by atoms with van der Waals surface area (Å²) in [4.78, 5) is 59.1. The second-order valence-corrected chi connectivity index (χ2v) is 12.5. The highest BCUT2D eigenvalue weighted by atomic mass is 32.1. The molecule has 0 bridgehead atoms. The molecule has 2 aliphatic rings. The minimum absolute atomic E-state index is 0.0769. The van der Waals surface area contributed by atoms with Gasteiger partial charge in [-0.15, -0.1) is 0 Å². The first kappa shape index (κ1) is 32.8. The summed E-state index contributed by atoms with van der Waals surface area (Å²) in [6, 6.07) is 0. The van der Waals surface area contributed by atoms with Gasteiger partial charge in [0, 0.05) is 52.1 Å². The van der Waals surface area contributed by atoms with E-state index in [1.807, 2.05) is 52.8 Å². The number of thiol groups is 1. The third-order valence-corrected chi connectivity index (χ3v) is 9.31. The van der Waals surface area contributed by atoms with Crippen molar-refractivity contribution in [2.45, 2.75) is 84.8 Å². The lowest BCUT2D eigenvalue weighted by Crippen LogP contribution is -2.32. The van der Waals surface area contributed by atoms with Crippen molar-refractivity contribution in [1.82, 2.24) is 15.3 Å². The largest absolute Gasteiger partial charge is 0.481 e. The topological polar surface area (TPSA) is 165 Å². The summed E-state index contributed by atoms with van der Waals surface area (Å²) in [7, 11) is 0. The first-order valence-corrected chi connectivity index (χ1v) is 15.3. The maximum absolute atomic E-state index is 12.6. The number of aliphatic carboxylic acids is 2. The molecule has 0 radical (unpaired) electrons. The highest BCUT2D eigenvalue weighted by Crippen LogP contribution is 2.39. The number of hydrogen-bond donors (Lipinski definition) is 6. The molecule has 10 nitrogen and oxygen atoms in total. The number of aromatic amines is 2. The molecule has 0 unspecified atom stereocenters. The molecule has 44 heavy (non-hydrogen) atoms. The van der Waals surface area contributed by atoms with E-state index < -0.39 is 16.7 Å². The molecule has 11 heteroatoms. The Morgan fingerprint density at radius 1 is 0.909 bits per heavy atom. The van der Waals surface area contributed by atoms with Crippen LogP contribution in [0.25, 0.3) is 18.2 Å². The molecule has 5 N–H and O–H groups in total. The summed E-state index contributed by atoms with van der Waals surface area (Å²) < 4.78 is -0.852. The maximum Gasteiger partial charge on any atom is 0.303 e. The number of carboxylic acids is 2. The highest BCUT2D eigenvalue weighted by Gasteiger charge is 2.45. The number of H-pyrrole nitrogens is 2. The van der Waals surface area contributed by atoms with E-state index >= 15 is 0 Å². The molecule has 0 saturated carbocycles. The molecule has 234 valence electrons. The van der Waals surface area contributed by atoms with Gasteiger partial charge in [0.2, 0.25) is 5.91 Å². The Morgan fingerprint density at radius 2 is 1.55 bits per heavy atom. The number of amides is 2. The predicted octanol–water partition coefficient (Wildman–Crippen LogP) is 3.50. The van der Waals surface area contributed by atoms with E-state index in [-0.39, 0.29) is 43.4 Å². The van der Waals surface area contributed by atoms with E-state index in [0.29, 0.717) is 40.5 Å². The molecule has 2 aliphatic heterocycles. The van der Waals surface area contributed by atoms with Crippen molar-refractivity contribution < 1.29 is 29.4 Å². The molecule has 2 amide bonds. The van der Waals surface area contributed by atoms with Crippen LogP contribution in [0.3, 0.4) is 0 Å². The van der Waals surface area contributed by atoms with Gasteiger partial charge in [0.25, 0.3) is 5.91 Å². The van der Waals surface area contributed by atoms with Gasteiger partial charge in [-0.25, -0.2) is 4.99 Å². The fourth-order valence-electron chi connectivity index (χ4n) is 6.13. The Bertz CT molecular complexity index is 1770. The number of nitrogens with one attached hydrogen (secondary N) is 3. The molecule has 4 heterocycles. The van der Waals surface area contributed by atoms with E-state index in [2.05, 4.69) is 32.9 Å². The number of allylic oxidation sites excluding steroid dienone is 2. The first-order valence-electron chi connectivity index (χ1n) is 14.8. The van der Waals surface area contributed by atoms with E-state index in [0.717, 1.165) is 39.2 Å². The van der Waals surface area contributed by atoms with Crippen LogP contribution >= 0.6 is 12.6 Å². The maximum atomic E-state index is 12.6. The van der Waals surface area contributed by atoms with Crippen molar-refractivity contribution in [1.29, 1.82) is 0 Å². The van der Waals surface area contributed by atoms with Gasteiger partial charge in [-0.1, -0.05) is 13.8 Å². The highest BCUT2D eigenvalue weighted by molar-refractivity contribution is 7.82. The smallest absolute Gasteiger partial charge is 0.303 e. The van der Waals surface area contributed by atoms with Crippen LogP contribution in [-0.2, 0) is 32.0 Å². The monoisotopic (exact) mass is 620 g/mol. The van der Waals surface area contributed by atoms with Crippen LogP contribution < -0.4 is 16.0 Å². The van der Waals surface area contributed by atoms with Crippen molar-refractivity contribution in [3.8, 4) is 0 Å². The molecular formula is C33H40N4O6S. The standard InChI is InChI=1S/C33H40N4O6S/c1-7-19-16(3)25(36-31(19)42)13-23-17(4)20(9-11-29(38)39)26(34-23)15-27-21(10-12-30(40)41)18(5)24(35-27)14-28-22(8-2)33(6,44)32(43)37-28/h13-15,22,34-35,44H,7-12H2,1-6H3,(H,37,43)(H,38,39)(H,40,41)/b23-13+,26-15-,28-14-/t22-,33-/m0/s1. The summed E-state index contributed by atoms with van der Waals surface area (Å²) in [6.07, 6.45) is 7.25. The molecule has 0 spiro atoms. The number of aromatic nitrogens is 2. The molecular weight excluding hydrogens is 580 g/mol. The fourth-order valence-corrected chi connectivity index (χ4v) is 6.51. The molecule has 4 rings (SSSR count). The van der Waals surface area contributed by atoms with Crippen LogP contribution in [0.2, 0.25) is 0 Å². The SMILES string of the molecule is CCC1=C(C)C(/C=c2/[nH]/c(=C\c3[nH]c(/C=C4\NC(=O)[C@@](C)(S)[C@H]4CC)c(C)c3CCC(=O)O)c(CCC(=O)O)c2C)=NC1=O. The molecule has 1 saturated heterocycles. The van der Waals surface area contributed by atoms with Gasteiger partial charge in [0.1, 0.15) is 0 Å². The Balaban J connectivity index is 1.91. The normalized spacial score (nSPS) is 22.0. The van der Waals surface area contributed by atoms with Crippen LogP contribution in [0.4, 0.5) is 0 Å². The lowest BCUT2D eigenvalue weighted by atomic mass is 9.90. The molecule has 2 aromatic heterocycles. The van der Waals surface area contributed by atoms with Crippen molar-refractivity contribution in [3.05, 3.63) is 61.2 Å². The van der Waals surface area contributed by atoms with E-state index in [9.17, 15) is 29.4 Å². The first-order chi connectivity index (χ1) is 20.7. The van der Waals surface area contributed by atoms with Crippen molar-refractivity contribution >= 4 is 60.3 Å². The Hall–Kier alpha value is -4.12. The summed E-state index contributed by atoms with van der Waals surface area (Å²) in [6.45, 7) is 11.4. The van der Waals surface area contributed by atoms with Gasteiger partial charge in [0.05, 0.1) is 10.5 Å². The minimum Gasteiger partial charge on any atom is -0.481 e. The Morgan fingerprint density at radius 3 is 2.11 bits per heavy atom. The number of hydrogen-bond acceptors (Lipinski definition) is 5. The lowest BCUT2D eigenvalue weighted by molar-refractivity contribution is -0.138. The molecule has 2 atom stereocenters. The molecule has 2 aromatic rings. The van der Waals surface area contributed by atoms with Crippen LogP contribution in [0.1, 0.15) is 87.0 Å². The quantitative estimate of drug-likeness (QED) is 0.211. The van der Waals surface area contributed by atoms with E-state index in [1.54, 1.807) is 6.92 Å². The third-order valence-electron chi connectivity index (χ3n) is 8.80. The van der Waals surface area contributed by atoms with Crippen LogP contribution in [0.15, 0.2) is 21.8 Å². The summed E-state index contributed by atoms with van der Waals surface area (Å²) in [5.74, 6) is -2.38. The molecule has 0 aromatic carbocycles. The predicted molar refractivity (Wildman–Crippen MR) is 173 cm³/mol. The molecule has 0 aliphatic carbocycles. The third kappa shape index (κ3) is 6.38. The number of carboxylic acid groups (broad SMARTS) is 2. The Kier molecular flexibility index (Phi) is 9.58. The zero-order valence-electron chi connectivity index (χ0n) is 26.0. The number of carbonyl (C=O) groups excluding carboxylic acids is 2. The zero-order chi connectivity index (χ0) is 32.5. The van der Waals surface area contributed by atoms with Crippen molar-refractivity contribution in [2.24, 2.45) is 10.9 Å². The number of aliphatic imine (C=N–C) groups is 1. The van der Waals surface area contributed by atoms with E-state index in [1.165, 1.54) is 0 Å². The van der Waals surface area contributed by atoms with Crippen molar-refractivity contribution in [2.75, 3.05) is 0 Å². The van der Waals surface area contributed by atoms with Gasteiger partial charge in [-0.3, -0.25) is 19.2 Å². The van der Waals surface area contributed by atoms with Crippen LogP contribution in [0.5, 0.6) is 0 Å². The zero-order valence-corrected chi connectivity index (χ0v) is 26.9. The van der Waals surface area contributed by atoms with Crippen LogP contribution in [0, 0.1) is 19.8 Å². The minimum atomic E-state index is -0.925. The average Bonchev–Trinajstić information content (AvgIpc) is 3.57. The summed E-state index contributed by atoms with van der Waals surface area (Å²) in [5, 5.41) is 23.3. The average molecular weight is 621 g/mol. The summed E-state index contributed by atoms with van der Waals surface area (Å²) >= 11 is 4.62. The Labute approximate surface area is 261 Å². The van der Waals surface area contributed by atoms with E-state index in [4.69, 9.17) is 0 Å². The lowest BCUT2D eigenvalue weighted by Gasteiger charge is -2.21. The van der Waals surface area contributed by atoms with Crippen LogP contribution in [-0.4, -0.2) is 54.4 Å². The van der Waals surface area contributed by atoms with Gasteiger partial charge in [0.15, 0.2) is 0 Å². The van der Waals surface area contributed by atoms with Gasteiger partial charge in [-0.2, -0.15) is 12.6 Å². The summed E-state index contributed by atoms with van der Waals surface area (Å²) in [5.41, 5.74) is 7.54. The van der Waals surface area contributed by atoms with Crippen molar-refractivity contribution in [3.63, 3.8) is 0 Å². The number of rotatable bonds is 11. The molecule has 1 fully saturated rings. The second-order valence-electron chi connectivity index (χ2n) is 11.6. The number of nitrogens with zero attached hydrogens (tertiary/aromatic N) is 1. The van der Waals surface area contributed by atoms with Gasteiger partial charge < -0.3 is 25.5 Å².